The molecule has 0 aliphatic carbocycles. The molecule has 7 nitrogen and oxygen atoms in total. The standard InChI is InChI=1S/C24H21N5O2S2/c1-18-12-14-21(15-13-18)33(30,31)28(20-10-6-3-7-11-20)17-16-22-25-26-24-29(22)27-23(32-24)19-8-4-2-5-9-19/h2-15H,16-17H2,1H3. The van der Waals surface area contributed by atoms with Gasteiger partial charge in [-0.05, 0) is 31.2 Å². The predicted molar refractivity (Wildman–Crippen MR) is 130 cm³/mol. The van der Waals surface area contributed by atoms with Crippen LogP contribution in [-0.2, 0) is 16.4 Å². The summed E-state index contributed by atoms with van der Waals surface area (Å²) in [6, 6.07) is 25.9. The number of rotatable bonds is 7. The Hall–Kier alpha value is -3.56. The summed E-state index contributed by atoms with van der Waals surface area (Å²) in [7, 11) is -3.76. The van der Waals surface area contributed by atoms with Crippen molar-refractivity contribution >= 4 is 32.0 Å². The Morgan fingerprint density at radius 2 is 1.55 bits per heavy atom. The van der Waals surface area contributed by atoms with Crippen LogP contribution < -0.4 is 4.31 Å². The van der Waals surface area contributed by atoms with Gasteiger partial charge < -0.3 is 0 Å². The van der Waals surface area contributed by atoms with Crippen LogP contribution in [0.4, 0.5) is 5.69 Å². The Kier molecular flexibility index (Phi) is 5.65. The summed E-state index contributed by atoms with van der Waals surface area (Å²) in [6.45, 7) is 2.14. The van der Waals surface area contributed by atoms with Crippen molar-refractivity contribution in [1.29, 1.82) is 0 Å². The average molecular weight is 476 g/mol. The van der Waals surface area contributed by atoms with E-state index >= 15 is 0 Å². The fourth-order valence-corrected chi connectivity index (χ4v) is 5.86. The molecule has 0 radical (unpaired) electrons. The lowest BCUT2D eigenvalue weighted by molar-refractivity contribution is 0.589. The van der Waals surface area contributed by atoms with Gasteiger partial charge in [0.2, 0.25) is 4.96 Å². The molecule has 0 bridgehead atoms. The van der Waals surface area contributed by atoms with E-state index in [1.165, 1.54) is 15.6 Å². The summed E-state index contributed by atoms with van der Waals surface area (Å²) in [5, 5.41) is 14.0. The van der Waals surface area contributed by atoms with Gasteiger partial charge in [-0.15, -0.1) is 10.2 Å². The smallest absolute Gasteiger partial charge is 0.264 e. The van der Waals surface area contributed by atoms with Crippen molar-refractivity contribution in [3.8, 4) is 10.6 Å². The largest absolute Gasteiger partial charge is 0.266 e. The van der Waals surface area contributed by atoms with Crippen LogP contribution in [0.15, 0.2) is 89.8 Å². The third-order valence-corrected chi connectivity index (χ3v) is 8.06. The minimum Gasteiger partial charge on any atom is -0.266 e. The summed E-state index contributed by atoms with van der Waals surface area (Å²) in [6.07, 6.45) is 0.360. The number of aryl methyl sites for hydroxylation is 1. The topological polar surface area (TPSA) is 80.5 Å². The minimum absolute atomic E-state index is 0.208. The van der Waals surface area contributed by atoms with Crippen LogP contribution in [0.1, 0.15) is 11.4 Å². The van der Waals surface area contributed by atoms with Gasteiger partial charge in [-0.25, -0.2) is 8.42 Å². The van der Waals surface area contributed by atoms with E-state index in [-0.39, 0.29) is 11.4 Å². The second-order valence-corrected chi connectivity index (χ2v) is 10.4. The molecule has 0 N–H and O–H groups in total. The van der Waals surface area contributed by atoms with Crippen LogP contribution in [0.3, 0.4) is 0 Å². The van der Waals surface area contributed by atoms with Gasteiger partial charge in [0.25, 0.3) is 10.0 Å². The van der Waals surface area contributed by atoms with Crippen molar-refractivity contribution in [2.45, 2.75) is 18.2 Å². The number of nitrogens with zero attached hydrogens (tertiary/aromatic N) is 5. The Bertz CT molecular complexity index is 1480. The quantitative estimate of drug-likeness (QED) is 0.344. The molecular formula is C24H21N5O2S2. The molecule has 0 fully saturated rings. The van der Waals surface area contributed by atoms with Gasteiger partial charge in [0.05, 0.1) is 10.6 Å². The summed E-state index contributed by atoms with van der Waals surface area (Å²) < 4.78 is 30.2. The Labute approximate surface area is 196 Å². The normalized spacial score (nSPS) is 11.7. The van der Waals surface area contributed by atoms with E-state index in [9.17, 15) is 8.42 Å². The third kappa shape index (κ3) is 4.24. The summed E-state index contributed by atoms with van der Waals surface area (Å²) in [5.74, 6) is 0.614. The number of benzene rings is 3. The second kappa shape index (κ2) is 8.76. The molecular weight excluding hydrogens is 454 g/mol. The molecule has 9 heteroatoms. The Balaban J connectivity index is 1.46. The molecule has 2 heterocycles. The van der Waals surface area contributed by atoms with Crippen LogP contribution >= 0.6 is 11.3 Å². The predicted octanol–water partition coefficient (Wildman–Crippen LogP) is 4.60. The van der Waals surface area contributed by atoms with Crippen LogP contribution in [0.25, 0.3) is 15.5 Å². The third-order valence-electron chi connectivity index (χ3n) is 5.27. The maximum Gasteiger partial charge on any atom is 0.264 e. The lowest BCUT2D eigenvalue weighted by Gasteiger charge is -2.24. The molecule has 33 heavy (non-hydrogen) atoms. The van der Waals surface area contributed by atoms with Crippen LogP contribution in [0.5, 0.6) is 0 Å². The van der Waals surface area contributed by atoms with Gasteiger partial charge in [0.1, 0.15) is 5.01 Å². The van der Waals surface area contributed by atoms with Crippen molar-refractivity contribution in [3.63, 3.8) is 0 Å². The molecule has 5 aromatic rings. The fraction of sp³-hybridized carbons (Fsp3) is 0.125. The van der Waals surface area contributed by atoms with Gasteiger partial charge in [0.15, 0.2) is 5.82 Å². The van der Waals surface area contributed by atoms with Gasteiger partial charge in [-0.1, -0.05) is 77.6 Å². The van der Waals surface area contributed by atoms with Crippen molar-refractivity contribution in [2.24, 2.45) is 0 Å². The second-order valence-electron chi connectivity index (χ2n) is 7.56. The molecule has 0 aliphatic heterocycles. The number of anilines is 1. The fourth-order valence-electron chi connectivity index (χ4n) is 3.53. The van der Waals surface area contributed by atoms with Crippen LogP contribution in [0.2, 0.25) is 0 Å². The molecule has 5 rings (SSSR count). The van der Waals surface area contributed by atoms with E-state index < -0.39 is 10.0 Å². The Morgan fingerprint density at radius 1 is 0.879 bits per heavy atom. The lowest BCUT2D eigenvalue weighted by Crippen LogP contribution is -2.33. The zero-order valence-electron chi connectivity index (χ0n) is 17.9. The molecule has 0 aliphatic rings. The molecule has 3 aromatic carbocycles. The number of hydrogen-bond acceptors (Lipinski definition) is 6. The molecule has 0 spiro atoms. The van der Waals surface area contributed by atoms with E-state index in [0.29, 0.717) is 22.9 Å². The molecule has 0 atom stereocenters. The summed E-state index contributed by atoms with van der Waals surface area (Å²) in [4.78, 5) is 0.930. The number of para-hydroxylation sites is 1. The van der Waals surface area contributed by atoms with E-state index in [1.54, 1.807) is 40.9 Å². The zero-order chi connectivity index (χ0) is 22.8. The van der Waals surface area contributed by atoms with E-state index in [2.05, 4.69) is 15.3 Å². The molecule has 0 unspecified atom stereocenters. The van der Waals surface area contributed by atoms with Crippen molar-refractivity contribution < 1.29 is 8.42 Å². The highest BCUT2D eigenvalue weighted by atomic mass is 32.2. The summed E-state index contributed by atoms with van der Waals surface area (Å²) in [5.41, 5.74) is 2.61. The monoisotopic (exact) mass is 475 g/mol. The zero-order valence-corrected chi connectivity index (χ0v) is 19.5. The first-order chi connectivity index (χ1) is 16.0. The number of hydrogen-bond donors (Lipinski definition) is 0. The highest BCUT2D eigenvalue weighted by molar-refractivity contribution is 7.92. The van der Waals surface area contributed by atoms with E-state index in [1.807, 2.05) is 55.5 Å². The number of sulfonamides is 1. The van der Waals surface area contributed by atoms with Gasteiger partial charge in [-0.2, -0.15) is 9.61 Å². The molecule has 2 aromatic heterocycles. The van der Waals surface area contributed by atoms with Crippen LogP contribution in [-0.4, -0.2) is 34.8 Å². The maximum atomic E-state index is 13.5. The summed E-state index contributed by atoms with van der Waals surface area (Å²) >= 11 is 1.45. The molecule has 0 saturated carbocycles. The maximum absolute atomic E-state index is 13.5. The number of fused-ring (bicyclic) bond motifs is 1. The molecule has 0 amide bonds. The molecule has 0 saturated heterocycles. The first-order valence-electron chi connectivity index (χ1n) is 10.4. The van der Waals surface area contributed by atoms with Crippen molar-refractivity contribution in [1.82, 2.24) is 19.8 Å². The van der Waals surface area contributed by atoms with Gasteiger partial charge in [-0.3, -0.25) is 4.31 Å². The first kappa shape index (κ1) is 21.3. The van der Waals surface area contributed by atoms with E-state index in [4.69, 9.17) is 0 Å². The highest BCUT2D eigenvalue weighted by Crippen LogP contribution is 2.27. The minimum atomic E-state index is -3.76. The first-order valence-corrected chi connectivity index (χ1v) is 12.7. The SMILES string of the molecule is Cc1ccc(S(=O)(=O)N(CCc2nnc3sc(-c4ccccc4)nn23)c2ccccc2)cc1. The van der Waals surface area contributed by atoms with Crippen molar-refractivity contribution in [2.75, 3.05) is 10.8 Å². The van der Waals surface area contributed by atoms with Gasteiger partial charge in [0, 0.05) is 18.5 Å². The van der Waals surface area contributed by atoms with Crippen LogP contribution in [0, 0.1) is 6.92 Å². The van der Waals surface area contributed by atoms with Crippen molar-refractivity contribution in [3.05, 3.63) is 96.3 Å². The lowest BCUT2D eigenvalue weighted by atomic mass is 10.2. The van der Waals surface area contributed by atoms with Gasteiger partial charge >= 0.3 is 0 Å². The average Bonchev–Trinajstić information content (AvgIpc) is 3.42. The number of aromatic nitrogens is 4. The molecule has 166 valence electrons. The highest BCUT2D eigenvalue weighted by Gasteiger charge is 2.25. The Morgan fingerprint density at radius 3 is 2.24 bits per heavy atom. The van der Waals surface area contributed by atoms with E-state index in [0.717, 1.165) is 16.1 Å².